The van der Waals surface area contributed by atoms with E-state index in [1.54, 1.807) is 6.92 Å². The molecular formula is C9H15As2NO9. The first-order chi connectivity index (χ1) is 9.38. The predicted molar refractivity (Wildman–Crippen MR) is 71.2 cm³/mol. The summed E-state index contributed by atoms with van der Waals surface area (Å²) in [7, 11) is 0. The Morgan fingerprint density at radius 2 is 1.71 bits per heavy atom. The van der Waals surface area contributed by atoms with Gasteiger partial charge in [-0.25, -0.2) is 0 Å². The van der Waals surface area contributed by atoms with Crippen LogP contribution in [0.2, 0.25) is 5.21 Å². The number of phenols is 1. The molecule has 1 rings (SSSR count). The number of nitro groups is 1. The van der Waals surface area contributed by atoms with Gasteiger partial charge in [0.05, 0.1) is 0 Å². The van der Waals surface area contributed by atoms with Crippen molar-refractivity contribution in [3.8, 4) is 5.75 Å². The van der Waals surface area contributed by atoms with Gasteiger partial charge in [-0.1, -0.05) is 0 Å². The zero-order valence-electron chi connectivity index (χ0n) is 10.9. The average molecular weight is 431 g/mol. The van der Waals surface area contributed by atoms with Gasteiger partial charge in [-0.3, -0.25) is 0 Å². The van der Waals surface area contributed by atoms with Gasteiger partial charge in [0, 0.05) is 0 Å². The molecule has 120 valence electrons. The van der Waals surface area contributed by atoms with Crippen molar-refractivity contribution in [1.82, 2.24) is 0 Å². The van der Waals surface area contributed by atoms with Gasteiger partial charge in [-0.2, -0.15) is 0 Å². The van der Waals surface area contributed by atoms with Gasteiger partial charge in [0.2, 0.25) is 0 Å². The van der Waals surface area contributed by atoms with Gasteiger partial charge in [0.15, 0.2) is 0 Å². The molecule has 0 unspecified atom stereocenters. The van der Waals surface area contributed by atoms with Crippen LogP contribution in [-0.2, 0) is 7.48 Å². The molecule has 1 aromatic carbocycles. The average Bonchev–Trinajstić information content (AvgIpc) is 2.26. The third kappa shape index (κ3) is 8.11. The number of nitrogens with zero attached hydrogens (tertiary/aromatic N) is 1. The molecule has 0 aromatic heterocycles. The van der Waals surface area contributed by atoms with Gasteiger partial charge < -0.3 is 0 Å². The Hall–Kier alpha value is -1.02. The van der Waals surface area contributed by atoms with Gasteiger partial charge >= 0.3 is 125 Å². The summed E-state index contributed by atoms with van der Waals surface area (Å²) in [6.07, 6.45) is 0.573. The number of rotatable bonds is 4. The topological polar surface area (TPSA) is 178 Å². The Morgan fingerprint density at radius 3 is 2.00 bits per heavy atom. The second-order valence-electron chi connectivity index (χ2n) is 3.86. The van der Waals surface area contributed by atoms with E-state index < -0.39 is 49.1 Å². The molecule has 0 saturated carbocycles. The maximum absolute atomic E-state index is 10.8. The van der Waals surface area contributed by atoms with Crippen LogP contribution >= 0.6 is 0 Å². The normalized spacial score (nSPS) is 11.5. The molecule has 0 aliphatic carbocycles. The minimum atomic E-state index is -5.13. The van der Waals surface area contributed by atoms with E-state index in [-0.39, 0.29) is 5.21 Å². The minimum absolute atomic E-state index is 0.0677. The third-order valence-corrected chi connectivity index (χ3v) is 6.16. The summed E-state index contributed by atoms with van der Waals surface area (Å²) in [5.41, 5.74) is -0.716. The monoisotopic (exact) mass is 431 g/mol. The molecule has 0 saturated heterocycles. The van der Waals surface area contributed by atoms with Gasteiger partial charge in [-0.05, 0) is 0 Å². The molecule has 12 heteroatoms. The summed E-state index contributed by atoms with van der Waals surface area (Å²) in [6, 6.07) is 2.52. The van der Waals surface area contributed by atoms with Crippen LogP contribution in [0.5, 0.6) is 5.75 Å². The Morgan fingerprint density at radius 1 is 1.19 bits per heavy atom. The fourth-order valence-electron chi connectivity index (χ4n) is 1.13. The summed E-state index contributed by atoms with van der Waals surface area (Å²) < 4.78 is 54.2. The Bertz CT molecular complexity index is 591. The van der Waals surface area contributed by atoms with Gasteiger partial charge in [-0.15, -0.1) is 0 Å². The summed E-state index contributed by atoms with van der Waals surface area (Å²) in [4.78, 5) is 9.39. The van der Waals surface area contributed by atoms with Crippen LogP contribution in [-0.4, -0.2) is 54.8 Å². The number of hydrogen-bond acceptors (Lipinski definition) is 5. The zero-order chi connectivity index (χ0) is 16.8. The predicted octanol–water partition coefficient (Wildman–Crippen LogP) is -1.39. The maximum atomic E-state index is 10.8. The number of benzene rings is 1. The molecule has 0 amide bonds. The van der Waals surface area contributed by atoms with E-state index in [1.165, 1.54) is 0 Å². The van der Waals surface area contributed by atoms with Crippen molar-refractivity contribution in [2.75, 3.05) is 0 Å². The van der Waals surface area contributed by atoms with Crippen LogP contribution in [0.4, 0.5) is 5.69 Å². The van der Waals surface area contributed by atoms with Crippen molar-refractivity contribution in [3.63, 3.8) is 0 Å². The summed E-state index contributed by atoms with van der Waals surface area (Å²) in [5, 5.41) is 19.4. The van der Waals surface area contributed by atoms with Crippen molar-refractivity contribution >= 4 is 38.4 Å². The molecule has 0 radical (unpaired) electrons. The van der Waals surface area contributed by atoms with E-state index in [9.17, 15) is 17.6 Å². The van der Waals surface area contributed by atoms with Crippen LogP contribution < -0.4 is 4.35 Å². The van der Waals surface area contributed by atoms with E-state index in [2.05, 4.69) is 0 Å². The van der Waals surface area contributed by atoms with Crippen molar-refractivity contribution in [1.29, 1.82) is 0 Å². The summed E-state index contributed by atoms with van der Waals surface area (Å²) in [5.74, 6) is -0.622. The van der Waals surface area contributed by atoms with Crippen molar-refractivity contribution in [2.45, 2.75) is 18.6 Å². The van der Waals surface area contributed by atoms with Crippen molar-refractivity contribution in [3.05, 3.63) is 28.3 Å². The van der Waals surface area contributed by atoms with Gasteiger partial charge in [0.25, 0.3) is 0 Å². The first kappa shape index (κ1) is 20.0. The van der Waals surface area contributed by atoms with Gasteiger partial charge in [0.1, 0.15) is 0 Å². The molecule has 0 aliphatic rings. The molecule has 21 heavy (non-hydrogen) atoms. The Balaban J connectivity index is 0.000000486. The van der Waals surface area contributed by atoms with Crippen molar-refractivity contribution in [2.24, 2.45) is 0 Å². The number of hydrogen-bond donors (Lipinski definition) is 5. The molecule has 5 N–H and O–H groups in total. The standard InChI is InChI=1S/C6H6AsNO6.C3H9AsO3/c9-6-2-1-4(7(10,11)12)3-5(6)8(13)14;1-2-3-4(5,6)7/h1-3,9H,(H2,10,11,12);2-3H2,1H3,(H2,5,6,7). The second kappa shape index (κ2) is 7.84. The quantitative estimate of drug-likeness (QED) is 0.218. The SMILES string of the molecule is CCC[As](=O)(O)O.O=[N+]([O-])c1cc([As](=O)(O)O)ccc1O. The molecule has 0 heterocycles. The molecule has 0 atom stereocenters. The third-order valence-electron chi connectivity index (χ3n) is 2.01. The van der Waals surface area contributed by atoms with E-state index in [1.807, 2.05) is 0 Å². The summed E-state index contributed by atoms with van der Waals surface area (Å²) in [6.45, 7) is 1.75. The molecule has 0 fully saturated rings. The van der Waals surface area contributed by atoms with Crippen LogP contribution in [0, 0.1) is 10.1 Å². The number of nitro benzene ring substituents is 1. The van der Waals surface area contributed by atoms with E-state index >= 15 is 0 Å². The Labute approximate surface area is 125 Å². The summed E-state index contributed by atoms with van der Waals surface area (Å²) >= 11 is -9.32. The molecule has 10 nitrogen and oxygen atoms in total. The molecule has 0 spiro atoms. The van der Waals surface area contributed by atoms with Crippen LogP contribution in [0.1, 0.15) is 13.3 Å². The van der Waals surface area contributed by atoms with Crippen molar-refractivity contribution < 1.29 is 33.9 Å². The first-order valence-electron chi connectivity index (χ1n) is 5.46. The molecule has 0 bridgehead atoms. The fourth-order valence-corrected chi connectivity index (χ4v) is 3.53. The molecule has 0 aliphatic heterocycles. The van der Waals surface area contributed by atoms with E-state index in [4.69, 9.17) is 21.5 Å². The zero-order valence-corrected chi connectivity index (χ0v) is 14.6. The Kier molecular flexibility index (Phi) is 7.45. The van der Waals surface area contributed by atoms with E-state index in [0.717, 1.165) is 12.1 Å². The molecular weight excluding hydrogens is 416 g/mol. The van der Waals surface area contributed by atoms with Crippen LogP contribution in [0.3, 0.4) is 0 Å². The first-order valence-corrected chi connectivity index (χ1v) is 12.6. The fraction of sp³-hybridized carbons (Fsp3) is 0.333. The molecule has 1 aromatic rings. The van der Waals surface area contributed by atoms with Crippen LogP contribution in [0.25, 0.3) is 0 Å². The number of aromatic hydroxyl groups is 1. The van der Waals surface area contributed by atoms with Crippen LogP contribution in [0.15, 0.2) is 18.2 Å². The van der Waals surface area contributed by atoms with E-state index in [0.29, 0.717) is 12.5 Å². The number of phenolic OH excluding ortho intramolecular Hbond substituents is 1. The second-order valence-corrected chi connectivity index (χ2v) is 11.0.